The molecule has 3 heterocycles. The summed E-state index contributed by atoms with van der Waals surface area (Å²) in [6.45, 7) is 5.61. The second-order valence-electron chi connectivity index (χ2n) is 7.17. The Morgan fingerprint density at radius 3 is 2.56 bits per heavy atom. The molecule has 138 valence electrons. The zero-order valence-corrected chi connectivity index (χ0v) is 15.6. The van der Waals surface area contributed by atoms with E-state index in [0.717, 1.165) is 27.5 Å². The fourth-order valence-electron chi connectivity index (χ4n) is 3.48. The van der Waals surface area contributed by atoms with Gasteiger partial charge in [0, 0.05) is 24.1 Å². The summed E-state index contributed by atoms with van der Waals surface area (Å²) in [5.41, 5.74) is 3.12. The van der Waals surface area contributed by atoms with Crippen LogP contribution in [0.4, 0.5) is 0 Å². The first-order chi connectivity index (χ1) is 13.0. The molecule has 4 rings (SSSR count). The first-order valence-electron chi connectivity index (χ1n) is 9.13. The van der Waals surface area contributed by atoms with Gasteiger partial charge >= 0.3 is 0 Å². The lowest BCUT2D eigenvalue weighted by molar-refractivity contribution is 0.194. The summed E-state index contributed by atoms with van der Waals surface area (Å²) >= 11 is 0. The first kappa shape index (κ1) is 17.4. The summed E-state index contributed by atoms with van der Waals surface area (Å²) < 4.78 is 3.32. The van der Waals surface area contributed by atoms with Crippen molar-refractivity contribution < 1.29 is 5.11 Å². The van der Waals surface area contributed by atoms with E-state index in [1.165, 1.54) is 4.68 Å². The van der Waals surface area contributed by atoms with E-state index in [1.807, 2.05) is 42.8 Å². The lowest BCUT2D eigenvalue weighted by atomic mass is 10.0. The molecule has 1 atom stereocenters. The molecule has 1 aromatic carbocycles. The van der Waals surface area contributed by atoms with Crippen LogP contribution in [0.1, 0.15) is 32.5 Å². The molecule has 0 amide bonds. The number of aromatic nitrogens is 4. The van der Waals surface area contributed by atoms with Crippen LogP contribution < -0.4 is 5.56 Å². The lowest BCUT2D eigenvalue weighted by Crippen LogP contribution is -2.24. The van der Waals surface area contributed by atoms with E-state index in [2.05, 4.69) is 17.2 Å². The molecule has 6 nitrogen and oxygen atoms in total. The predicted molar refractivity (Wildman–Crippen MR) is 106 cm³/mol. The van der Waals surface area contributed by atoms with E-state index >= 15 is 0 Å². The quantitative estimate of drug-likeness (QED) is 0.605. The molecule has 4 aromatic rings. The zero-order valence-electron chi connectivity index (χ0n) is 15.6. The van der Waals surface area contributed by atoms with Gasteiger partial charge in [0.15, 0.2) is 0 Å². The number of benzene rings is 1. The highest BCUT2D eigenvalue weighted by Gasteiger charge is 2.20. The van der Waals surface area contributed by atoms with Crippen LogP contribution in [-0.2, 0) is 6.42 Å². The summed E-state index contributed by atoms with van der Waals surface area (Å²) in [5, 5.41) is 21.5. The molecule has 3 aromatic heterocycles. The minimum Gasteiger partial charge on any atom is -0.393 e. The molecule has 0 radical (unpaired) electrons. The van der Waals surface area contributed by atoms with Crippen LogP contribution in [0.5, 0.6) is 0 Å². The molecule has 0 aliphatic rings. The standard InChI is InChI=1S/C21H22N4O2/c1-13(2)25-19(27)9-8-17(23-25)20-18(12-14(3)26)22-24-11-10-15-6-4-5-7-16(15)21(20)24/h4-11,13-14,26H,12H2,1-3H3. The summed E-state index contributed by atoms with van der Waals surface area (Å²) in [6, 6.07) is 13.4. The van der Waals surface area contributed by atoms with Crippen molar-refractivity contribution in [2.75, 3.05) is 0 Å². The van der Waals surface area contributed by atoms with Gasteiger partial charge in [0.2, 0.25) is 0 Å². The number of nitrogens with zero attached hydrogens (tertiary/aromatic N) is 4. The Morgan fingerprint density at radius 1 is 1.04 bits per heavy atom. The third kappa shape index (κ3) is 3.02. The van der Waals surface area contributed by atoms with Crippen LogP contribution in [0, 0.1) is 0 Å². The number of fused-ring (bicyclic) bond motifs is 3. The number of aliphatic hydroxyl groups excluding tert-OH is 1. The van der Waals surface area contributed by atoms with Gasteiger partial charge in [-0.05, 0) is 38.3 Å². The van der Waals surface area contributed by atoms with Gasteiger partial charge in [0.05, 0.1) is 34.6 Å². The molecular formula is C21H22N4O2. The maximum absolute atomic E-state index is 12.2. The smallest absolute Gasteiger partial charge is 0.267 e. The summed E-state index contributed by atoms with van der Waals surface area (Å²) in [7, 11) is 0. The topological polar surface area (TPSA) is 72.4 Å². The zero-order chi connectivity index (χ0) is 19.1. The van der Waals surface area contributed by atoms with E-state index in [0.29, 0.717) is 12.1 Å². The van der Waals surface area contributed by atoms with Gasteiger partial charge in [0.25, 0.3) is 5.56 Å². The second kappa shape index (κ2) is 6.63. The molecule has 0 bridgehead atoms. The number of rotatable bonds is 4. The van der Waals surface area contributed by atoms with Crippen molar-refractivity contribution in [2.45, 2.75) is 39.3 Å². The fourth-order valence-corrected chi connectivity index (χ4v) is 3.48. The summed E-state index contributed by atoms with van der Waals surface area (Å²) in [4.78, 5) is 12.2. The van der Waals surface area contributed by atoms with Gasteiger partial charge in [-0.3, -0.25) is 4.79 Å². The molecule has 0 aliphatic heterocycles. The number of hydrogen-bond donors (Lipinski definition) is 1. The van der Waals surface area contributed by atoms with Crippen LogP contribution in [0.15, 0.2) is 53.5 Å². The lowest BCUT2D eigenvalue weighted by Gasteiger charge is -2.11. The van der Waals surface area contributed by atoms with Gasteiger partial charge in [-0.25, -0.2) is 9.20 Å². The van der Waals surface area contributed by atoms with E-state index in [-0.39, 0.29) is 11.6 Å². The molecule has 27 heavy (non-hydrogen) atoms. The first-order valence-corrected chi connectivity index (χ1v) is 9.13. The predicted octanol–water partition coefficient (Wildman–Crippen LogP) is 3.22. The van der Waals surface area contributed by atoms with Crippen LogP contribution in [-0.4, -0.2) is 30.6 Å². The molecule has 0 saturated carbocycles. The van der Waals surface area contributed by atoms with Gasteiger partial charge in [-0.1, -0.05) is 24.3 Å². The normalized spacial score (nSPS) is 12.9. The maximum Gasteiger partial charge on any atom is 0.267 e. The molecule has 1 N–H and O–H groups in total. The van der Waals surface area contributed by atoms with Crippen molar-refractivity contribution >= 4 is 16.3 Å². The highest BCUT2D eigenvalue weighted by atomic mass is 16.3. The van der Waals surface area contributed by atoms with Crippen molar-refractivity contribution in [1.29, 1.82) is 0 Å². The molecular weight excluding hydrogens is 340 g/mol. The second-order valence-corrected chi connectivity index (χ2v) is 7.17. The number of pyridine rings is 1. The highest BCUT2D eigenvalue weighted by molar-refractivity contribution is 6.03. The largest absolute Gasteiger partial charge is 0.393 e. The van der Waals surface area contributed by atoms with Crippen molar-refractivity contribution in [1.82, 2.24) is 19.4 Å². The number of aliphatic hydroxyl groups is 1. The molecule has 0 fully saturated rings. The van der Waals surface area contributed by atoms with E-state index in [4.69, 9.17) is 5.10 Å². The summed E-state index contributed by atoms with van der Waals surface area (Å²) in [6.07, 6.45) is 1.80. The van der Waals surface area contributed by atoms with Gasteiger partial charge in [-0.15, -0.1) is 0 Å². The van der Waals surface area contributed by atoms with Crippen LogP contribution in [0.25, 0.3) is 27.5 Å². The average Bonchev–Trinajstić information content (AvgIpc) is 2.99. The van der Waals surface area contributed by atoms with Gasteiger partial charge < -0.3 is 5.11 Å². The monoisotopic (exact) mass is 362 g/mol. The Bertz CT molecular complexity index is 1190. The summed E-state index contributed by atoms with van der Waals surface area (Å²) in [5.74, 6) is 0. The maximum atomic E-state index is 12.2. The van der Waals surface area contributed by atoms with E-state index in [9.17, 15) is 9.90 Å². The minimum atomic E-state index is -0.532. The van der Waals surface area contributed by atoms with Crippen molar-refractivity contribution in [2.24, 2.45) is 0 Å². The van der Waals surface area contributed by atoms with Crippen molar-refractivity contribution in [3.05, 3.63) is 64.7 Å². The van der Waals surface area contributed by atoms with Gasteiger partial charge in [-0.2, -0.15) is 10.2 Å². The Kier molecular flexibility index (Phi) is 4.28. The van der Waals surface area contributed by atoms with Crippen LogP contribution in [0.2, 0.25) is 0 Å². The highest BCUT2D eigenvalue weighted by Crippen LogP contribution is 2.32. The van der Waals surface area contributed by atoms with E-state index in [1.54, 1.807) is 19.1 Å². The Morgan fingerprint density at radius 2 is 1.81 bits per heavy atom. The molecule has 0 spiro atoms. The Hall–Kier alpha value is -2.99. The van der Waals surface area contributed by atoms with E-state index < -0.39 is 6.10 Å². The van der Waals surface area contributed by atoms with Gasteiger partial charge in [0.1, 0.15) is 0 Å². The molecule has 0 aliphatic carbocycles. The van der Waals surface area contributed by atoms with Crippen molar-refractivity contribution in [3.63, 3.8) is 0 Å². The average molecular weight is 362 g/mol. The third-order valence-corrected chi connectivity index (χ3v) is 4.65. The fraction of sp³-hybridized carbons (Fsp3) is 0.286. The Balaban J connectivity index is 2.09. The van der Waals surface area contributed by atoms with Crippen molar-refractivity contribution in [3.8, 4) is 11.3 Å². The Labute approximate surface area is 156 Å². The number of hydrogen-bond acceptors (Lipinski definition) is 4. The molecule has 1 unspecified atom stereocenters. The molecule has 6 heteroatoms. The van der Waals surface area contributed by atoms with Crippen LogP contribution >= 0.6 is 0 Å². The van der Waals surface area contributed by atoms with Crippen LogP contribution in [0.3, 0.4) is 0 Å². The SMILES string of the molecule is CC(O)Cc1nn2ccc3ccccc3c2c1-c1ccc(=O)n(C(C)C)n1. The molecule has 0 saturated heterocycles. The third-order valence-electron chi connectivity index (χ3n) is 4.65. The minimum absolute atomic E-state index is 0.0451.